The van der Waals surface area contributed by atoms with E-state index in [0.29, 0.717) is 4.88 Å². The number of hydrogen-bond donors (Lipinski definition) is 2. The number of hydrogen-bond acceptors (Lipinski definition) is 4. The molecule has 0 saturated carbocycles. The van der Waals surface area contributed by atoms with E-state index in [-0.39, 0.29) is 11.7 Å². The molecule has 17 heavy (non-hydrogen) atoms. The van der Waals surface area contributed by atoms with Crippen LogP contribution in [0, 0.1) is 0 Å². The summed E-state index contributed by atoms with van der Waals surface area (Å²) in [6, 6.07) is 4.95. The van der Waals surface area contributed by atoms with Crippen molar-refractivity contribution in [1.29, 1.82) is 0 Å². The first kappa shape index (κ1) is 11.5. The fraction of sp³-hybridized carbons (Fsp3) is 0. The van der Waals surface area contributed by atoms with Crippen molar-refractivity contribution >= 4 is 36.5 Å². The van der Waals surface area contributed by atoms with Crippen molar-refractivity contribution in [3.63, 3.8) is 0 Å². The molecule has 0 aliphatic carbocycles. The van der Waals surface area contributed by atoms with Crippen LogP contribution in [0.15, 0.2) is 34.3 Å². The first-order chi connectivity index (χ1) is 8.18. The van der Waals surface area contributed by atoms with Crippen molar-refractivity contribution in [2.24, 2.45) is 0 Å². The number of furan rings is 1. The highest BCUT2D eigenvalue weighted by atomic mass is 32.1. The zero-order valence-electron chi connectivity index (χ0n) is 9.02. The molecule has 86 valence electrons. The summed E-state index contributed by atoms with van der Waals surface area (Å²) in [6.07, 6.45) is 1.39. The van der Waals surface area contributed by atoms with Gasteiger partial charge in [-0.15, -0.1) is 11.3 Å². The van der Waals surface area contributed by atoms with Gasteiger partial charge in [-0.2, -0.15) is 0 Å². The second-order valence-corrected chi connectivity index (χ2v) is 4.23. The molecule has 5 nitrogen and oxygen atoms in total. The SMILES string of the molecule is Bc1ccsc1C(=O)NNC(=O)c1ccco1. The van der Waals surface area contributed by atoms with E-state index in [2.05, 4.69) is 10.9 Å². The van der Waals surface area contributed by atoms with Crippen molar-refractivity contribution in [2.45, 2.75) is 0 Å². The van der Waals surface area contributed by atoms with Gasteiger partial charge < -0.3 is 4.42 Å². The molecule has 0 spiro atoms. The van der Waals surface area contributed by atoms with Crippen molar-refractivity contribution in [3.8, 4) is 0 Å². The Kier molecular flexibility index (Phi) is 3.29. The van der Waals surface area contributed by atoms with Crippen LogP contribution in [0.5, 0.6) is 0 Å². The summed E-state index contributed by atoms with van der Waals surface area (Å²) >= 11 is 1.32. The third-order valence-corrected chi connectivity index (χ3v) is 3.12. The molecule has 2 rings (SSSR count). The summed E-state index contributed by atoms with van der Waals surface area (Å²) < 4.78 is 4.88. The van der Waals surface area contributed by atoms with E-state index >= 15 is 0 Å². The number of rotatable bonds is 2. The molecular weight excluding hydrogens is 239 g/mol. The van der Waals surface area contributed by atoms with Crippen molar-refractivity contribution in [2.75, 3.05) is 0 Å². The van der Waals surface area contributed by atoms with Gasteiger partial charge in [0.25, 0.3) is 5.91 Å². The summed E-state index contributed by atoms with van der Waals surface area (Å²) in [7, 11) is 1.83. The molecule has 0 aromatic carbocycles. The highest BCUT2D eigenvalue weighted by Crippen LogP contribution is 2.04. The van der Waals surface area contributed by atoms with Gasteiger partial charge in [-0.1, -0.05) is 11.5 Å². The number of hydrazine groups is 1. The number of thiophene rings is 1. The largest absolute Gasteiger partial charge is 0.459 e. The number of carbonyl (C=O) groups excluding carboxylic acids is 2. The van der Waals surface area contributed by atoms with E-state index in [1.165, 1.54) is 23.7 Å². The predicted molar refractivity (Wildman–Crippen MR) is 66.1 cm³/mol. The zero-order chi connectivity index (χ0) is 12.3. The maximum absolute atomic E-state index is 11.7. The molecule has 2 N–H and O–H groups in total. The van der Waals surface area contributed by atoms with Crippen LogP contribution in [0.25, 0.3) is 0 Å². The molecule has 0 radical (unpaired) electrons. The average molecular weight is 248 g/mol. The van der Waals surface area contributed by atoms with Crippen LogP contribution in [-0.2, 0) is 0 Å². The van der Waals surface area contributed by atoms with E-state index in [0.717, 1.165) is 5.46 Å². The minimum atomic E-state index is -0.488. The Hall–Kier alpha value is -2.02. The van der Waals surface area contributed by atoms with Crippen LogP contribution in [0.4, 0.5) is 0 Å². The normalized spacial score (nSPS) is 9.88. The fourth-order valence-electron chi connectivity index (χ4n) is 1.25. The molecular formula is C10H9BN2O3S. The molecule has 0 fully saturated rings. The summed E-state index contributed by atoms with van der Waals surface area (Å²) in [5.74, 6) is -0.678. The smallest absolute Gasteiger partial charge is 0.305 e. The highest BCUT2D eigenvalue weighted by Gasteiger charge is 2.12. The number of carbonyl (C=O) groups is 2. The predicted octanol–water partition coefficient (Wildman–Crippen LogP) is -0.326. The standard InChI is InChI=1S/C10H9BN2O3S/c11-6-3-5-17-8(6)10(15)13-12-9(14)7-2-1-4-16-7/h1-5H,11H2,(H,12,14)(H,13,15). The quantitative estimate of drug-likeness (QED) is 0.565. The Morgan fingerprint density at radius 1 is 1.24 bits per heavy atom. The Morgan fingerprint density at radius 3 is 2.59 bits per heavy atom. The molecule has 0 atom stereocenters. The third-order valence-electron chi connectivity index (χ3n) is 2.10. The van der Waals surface area contributed by atoms with Gasteiger partial charge in [-0.05, 0) is 17.5 Å². The van der Waals surface area contributed by atoms with E-state index in [1.54, 1.807) is 6.07 Å². The second kappa shape index (κ2) is 4.88. The minimum Gasteiger partial charge on any atom is -0.459 e. The molecule has 2 heterocycles. The van der Waals surface area contributed by atoms with Gasteiger partial charge in [0.15, 0.2) is 5.76 Å². The minimum absolute atomic E-state index is 0.146. The maximum atomic E-state index is 11.7. The van der Waals surface area contributed by atoms with Gasteiger partial charge in [-0.25, -0.2) is 0 Å². The molecule has 0 unspecified atom stereocenters. The molecule has 2 aromatic rings. The molecule has 2 aromatic heterocycles. The average Bonchev–Trinajstić information content (AvgIpc) is 2.95. The van der Waals surface area contributed by atoms with Gasteiger partial charge in [-0.3, -0.25) is 20.4 Å². The molecule has 7 heteroatoms. The van der Waals surface area contributed by atoms with Gasteiger partial charge in [0, 0.05) is 0 Å². The van der Waals surface area contributed by atoms with Gasteiger partial charge >= 0.3 is 5.91 Å². The molecule has 0 bridgehead atoms. The van der Waals surface area contributed by atoms with E-state index in [4.69, 9.17) is 4.42 Å². The maximum Gasteiger partial charge on any atom is 0.305 e. The third kappa shape index (κ3) is 2.56. The van der Waals surface area contributed by atoms with E-state index < -0.39 is 5.91 Å². The first-order valence-electron chi connectivity index (χ1n) is 4.87. The van der Waals surface area contributed by atoms with E-state index in [9.17, 15) is 9.59 Å². The van der Waals surface area contributed by atoms with Gasteiger partial charge in [0.2, 0.25) is 0 Å². The Labute approximate surface area is 102 Å². The monoisotopic (exact) mass is 248 g/mol. The van der Waals surface area contributed by atoms with Gasteiger partial charge in [0.05, 0.1) is 11.1 Å². The molecule has 2 amide bonds. The van der Waals surface area contributed by atoms with Crippen molar-refractivity contribution in [3.05, 3.63) is 40.5 Å². The lowest BCUT2D eigenvalue weighted by molar-refractivity contribution is 0.0833. The van der Waals surface area contributed by atoms with Crippen LogP contribution < -0.4 is 16.3 Å². The number of amides is 2. The molecule has 0 saturated heterocycles. The summed E-state index contributed by atoms with van der Waals surface area (Å²) in [5.41, 5.74) is 5.48. The number of nitrogens with one attached hydrogen (secondary N) is 2. The zero-order valence-corrected chi connectivity index (χ0v) is 9.84. The summed E-state index contributed by atoms with van der Waals surface area (Å²) in [6.45, 7) is 0. The summed E-state index contributed by atoms with van der Waals surface area (Å²) in [4.78, 5) is 23.7. The van der Waals surface area contributed by atoms with Crippen LogP contribution in [0.1, 0.15) is 20.2 Å². The van der Waals surface area contributed by atoms with Crippen molar-refractivity contribution in [1.82, 2.24) is 10.9 Å². The second-order valence-electron chi connectivity index (χ2n) is 3.32. The molecule has 0 aliphatic rings. The Balaban J connectivity index is 1.93. The Bertz CT molecular complexity index is 536. The first-order valence-corrected chi connectivity index (χ1v) is 5.74. The summed E-state index contributed by atoms with van der Waals surface area (Å²) in [5, 5.41) is 1.82. The topological polar surface area (TPSA) is 71.3 Å². The van der Waals surface area contributed by atoms with Crippen LogP contribution in [-0.4, -0.2) is 19.7 Å². The van der Waals surface area contributed by atoms with Crippen LogP contribution in [0.2, 0.25) is 0 Å². The molecule has 0 aliphatic heterocycles. The van der Waals surface area contributed by atoms with Gasteiger partial charge in [0.1, 0.15) is 7.85 Å². The fourth-order valence-corrected chi connectivity index (χ4v) is 2.07. The lowest BCUT2D eigenvalue weighted by Gasteiger charge is -2.04. The van der Waals surface area contributed by atoms with E-state index in [1.807, 2.05) is 19.3 Å². The van der Waals surface area contributed by atoms with Crippen LogP contribution >= 0.6 is 11.3 Å². The lowest BCUT2D eigenvalue weighted by Crippen LogP contribution is -2.42. The Morgan fingerprint density at radius 2 is 2.00 bits per heavy atom. The van der Waals surface area contributed by atoms with Crippen molar-refractivity contribution < 1.29 is 14.0 Å². The highest BCUT2D eigenvalue weighted by molar-refractivity contribution is 7.13. The lowest BCUT2D eigenvalue weighted by atomic mass is 9.97. The van der Waals surface area contributed by atoms with Crippen LogP contribution in [0.3, 0.4) is 0 Å².